The third-order valence-electron chi connectivity index (χ3n) is 2.10. The maximum absolute atomic E-state index is 11.2. The minimum Gasteiger partial charge on any atom is -0.312 e. The number of carbonyl (C=O) groups is 1. The Bertz CT molecular complexity index is 311. The third kappa shape index (κ3) is 1.58. The molecule has 2 heterocycles. The zero-order valence-electron chi connectivity index (χ0n) is 7.09. The van der Waals surface area contributed by atoms with E-state index in [-0.39, 0.29) is 5.91 Å². The number of fused-ring (bicyclic) bond motifs is 1. The van der Waals surface area contributed by atoms with Crippen LogP contribution in [0.3, 0.4) is 0 Å². The van der Waals surface area contributed by atoms with Gasteiger partial charge >= 0.3 is 0 Å². The van der Waals surface area contributed by atoms with Crippen LogP contribution in [0.15, 0.2) is 6.07 Å². The average Bonchev–Trinajstić information content (AvgIpc) is 2.59. The van der Waals surface area contributed by atoms with Crippen LogP contribution < -0.4 is 16.6 Å². The first-order valence-electron chi connectivity index (χ1n) is 4.14. The molecule has 4 N–H and O–H groups in total. The van der Waals surface area contributed by atoms with E-state index in [2.05, 4.69) is 10.7 Å². The van der Waals surface area contributed by atoms with Gasteiger partial charge in [0.15, 0.2) is 0 Å². The number of nitrogens with two attached hydrogens (primary N) is 1. The number of nitrogen functional groups attached to an aromatic ring is 1. The highest BCUT2D eigenvalue weighted by atomic mass is 32.1. The molecule has 0 bridgehead atoms. The predicted molar refractivity (Wildman–Crippen MR) is 51.4 cm³/mol. The lowest BCUT2D eigenvalue weighted by Gasteiger charge is -2.10. The molecule has 1 aliphatic rings. The van der Waals surface area contributed by atoms with E-state index in [1.54, 1.807) is 0 Å². The number of hydrogen-bond acceptors (Lipinski definition) is 4. The molecule has 4 nitrogen and oxygen atoms in total. The summed E-state index contributed by atoms with van der Waals surface area (Å²) in [4.78, 5) is 13.2. The molecule has 0 spiro atoms. The molecular formula is C8H11N3OS. The van der Waals surface area contributed by atoms with E-state index in [9.17, 15) is 4.79 Å². The van der Waals surface area contributed by atoms with Crippen molar-refractivity contribution in [2.45, 2.75) is 13.0 Å². The Morgan fingerprint density at radius 2 is 2.54 bits per heavy atom. The number of carbonyl (C=O) groups excluding carboxylic acids is 1. The minimum atomic E-state index is -0.195. The van der Waals surface area contributed by atoms with E-state index in [0.717, 1.165) is 19.5 Å². The van der Waals surface area contributed by atoms with Gasteiger partial charge in [-0.1, -0.05) is 0 Å². The molecule has 0 saturated carbocycles. The van der Waals surface area contributed by atoms with E-state index in [0.29, 0.717) is 4.88 Å². The van der Waals surface area contributed by atoms with Gasteiger partial charge in [0, 0.05) is 18.0 Å². The Morgan fingerprint density at radius 1 is 1.69 bits per heavy atom. The second-order valence-corrected chi connectivity index (χ2v) is 4.10. The maximum atomic E-state index is 11.2. The summed E-state index contributed by atoms with van der Waals surface area (Å²) in [6, 6.07) is 1.91. The highest BCUT2D eigenvalue weighted by Gasteiger charge is 2.15. The molecular weight excluding hydrogens is 186 g/mol. The molecule has 1 aromatic rings. The summed E-state index contributed by atoms with van der Waals surface area (Å²) in [5, 5.41) is 3.25. The molecule has 1 aromatic heterocycles. The topological polar surface area (TPSA) is 67.1 Å². The Balaban J connectivity index is 2.30. The van der Waals surface area contributed by atoms with Crippen molar-refractivity contribution in [3.63, 3.8) is 0 Å². The van der Waals surface area contributed by atoms with E-state index in [1.165, 1.54) is 21.8 Å². The summed E-state index contributed by atoms with van der Waals surface area (Å²) in [5.74, 6) is 4.86. The smallest absolute Gasteiger partial charge is 0.275 e. The normalized spacial score (nSPS) is 15.2. The van der Waals surface area contributed by atoms with Crippen molar-refractivity contribution in [3.05, 3.63) is 21.4 Å². The van der Waals surface area contributed by atoms with Crippen molar-refractivity contribution in [1.82, 2.24) is 10.7 Å². The number of amides is 1. The maximum Gasteiger partial charge on any atom is 0.275 e. The zero-order valence-corrected chi connectivity index (χ0v) is 7.91. The van der Waals surface area contributed by atoms with Gasteiger partial charge in [-0.15, -0.1) is 11.3 Å². The summed E-state index contributed by atoms with van der Waals surface area (Å²) < 4.78 is 0. The van der Waals surface area contributed by atoms with Crippen molar-refractivity contribution >= 4 is 17.2 Å². The lowest BCUT2D eigenvalue weighted by molar-refractivity contribution is 0.0957. The van der Waals surface area contributed by atoms with Gasteiger partial charge in [-0.25, -0.2) is 5.84 Å². The van der Waals surface area contributed by atoms with Crippen LogP contribution in [-0.4, -0.2) is 12.5 Å². The fraction of sp³-hybridized carbons (Fsp3) is 0.375. The second-order valence-electron chi connectivity index (χ2n) is 2.96. The van der Waals surface area contributed by atoms with E-state index in [4.69, 9.17) is 5.84 Å². The van der Waals surface area contributed by atoms with Crippen molar-refractivity contribution in [2.75, 3.05) is 6.54 Å². The van der Waals surface area contributed by atoms with Crippen LogP contribution in [0.5, 0.6) is 0 Å². The van der Waals surface area contributed by atoms with Gasteiger partial charge in [0.05, 0.1) is 4.88 Å². The molecule has 5 heteroatoms. The molecule has 13 heavy (non-hydrogen) atoms. The number of thiophene rings is 1. The number of rotatable bonds is 1. The first-order chi connectivity index (χ1) is 6.31. The SMILES string of the molecule is NNC(=O)c1cc2c(s1)CCNC2. The first-order valence-corrected chi connectivity index (χ1v) is 4.96. The molecule has 0 aliphatic carbocycles. The Labute approximate surface area is 80.1 Å². The summed E-state index contributed by atoms with van der Waals surface area (Å²) >= 11 is 1.54. The van der Waals surface area contributed by atoms with Gasteiger partial charge in [-0.2, -0.15) is 0 Å². The monoisotopic (exact) mass is 197 g/mol. The van der Waals surface area contributed by atoms with Gasteiger partial charge in [0.1, 0.15) is 0 Å². The Hall–Kier alpha value is -0.910. The van der Waals surface area contributed by atoms with Crippen LogP contribution in [0.25, 0.3) is 0 Å². The molecule has 0 saturated heterocycles. The minimum absolute atomic E-state index is 0.195. The van der Waals surface area contributed by atoms with Gasteiger partial charge in [-0.05, 0) is 18.1 Å². The summed E-state index contributed by atoms with van der Waals surface area (Å²) in [6.45, 7) is 1.86. The highest BCUT2D eigenvalue weighted by molar-refractivity contribution is 7.14. The molecule has 2 rings (SSSR count). The molecule has 1 aliphatic heterocycles. The van der Waals surface area contributed by atoms with Gasteiger partial charge < -0.3 is 5.32 Å². The van der Waals surface area contributed by atoms with Gasteiger partial charge in [0.25, 0.3) is 5.91 Å². The van der Waals surface area contributed by atoms with E-state index < -0.39 is 0 Å². The molecule has 1 amide bonds. The van der Waals surface area contributed by atoms with Gasteiger partial charge in [-0.3, -0.25) is 10.2 Å². The molecule has 0 aromatic carbocycles. The van der Waals surface area contributed by atoms with E-state index >= 15 is 0 Å². The van der Waals surface area contributed by atoms with Crippen molar-refractivity contribution < 1.29 is 4.79 Å². The highest BCUT2D eigenvalue weighted by Crippen LogP contribution is 2.24. The van der Waals surface area contributed by atoms with E-state index in [1.807, 2.05) is 6.07 Å². The Kier molecular flexibility index (Phi) is 2.30. The lowest BCUT2D eigenvalue weighted by atomic mass is 10.1. The fourth-order valence-corrected chi connectivity index (χ4v) is 2.52. The summed E-state index contributed by atoms with van der Waals surface area (Å²) in [7, 11) is 0. The largest absolute Gasteiger partial charge is 0.312 e. The Morgan fingerprint density at radius 3 is 3.23 bits per heavy atom. The van der Waals surface area contributed by atoms with Crippen molar-refractivity contribution in [3.8, 4) is 0 Å². The van der Waals surface area contributed by atoms with Crippen molar-refractivity contribution in [1.29, 1.82) is 0 Å². The zero-order chi connectivity index (χ0) is 9.26. The fourth-order valence-electron chi connectivity index (χ4n) is 1.44. The van der Waals surface area contributed by atoms with Crippen LogP contribution in [-0.2, 0) is 13.0 Å². The van der Waals surface area contributed by atoms with Crippen molar-refractivity contribution in [2.24, 2.45) is 5.84 Å². The molecule has 0 unspecified atom stereocenters. The summed E-state index contributed by atoms with van der Waals surface area (Å²) in [5.41, 5.74) is 3.37. The summed E-state index contributed by atoms with van der Waals surface area (Å²) in [6.07, 6.45) is 1.01. The van der Waals surface area contributed by atoms with Crippen LogP contribution in [0.4, 0.5) is 0 Å². The molecule has 0 atom stereocenters. The molecule has 0 radical (unpaired) electrons. The quantitative estimate of drug-likeness (QED) is 0.337. The second kappa shape index (κ2) is 3.45. The van der Waals surface area contributed by atoms with Crippen LogP contribution >= 0.6 is 11.3 Å². The first kappa shape index (κ1) is 8.68. The number of hydrazine groups is 1. The predicted octanol–water partition coefficient (Wildman–Crippen LogP) is -0.00270. The van der Waals surface area contributed by atoms with Crippen LogP contribution in [0, 0.1) is 0 Å². The standard InChI is InChI=1S/C8H11N3OS/c9-11-8(12)7-3-5-4-10-2-1-6(5)13-7/h3,10H,1-2,4,9H2,(H,11,12). The number of nitrogens with one attached hydrogen (secondary N) is 2. The number of hydrogen-bond donors (Lipinski definition) is 3. The molecule has 0 fully saturated rings. The van der Waals surface area contributed by atoms with Gasteiger partial charge in [0.2, 0.25) is 0 Å². The lowest BCUT2D eigenvalue weighted by Crippen LogP contribution is -2.29. The third-order valence-corrected chi connectivity index (χ3v) is 3.33. The van der Waals surface area contributed by atoms with Crippen LogP contribution in [0.2, 0.25) is 0 Å². The average molecular weight is 197 g/mol. The van der Waals surface area contributed by atoms with Crippen LogP contribution in [0.1, 0.15) is 20.1 Å². The molecule has 70 valence electrons.